The fourth-order valence-corrected chi connectivity index (χ4v) is 5.69. The van der Waals surface area contributed by atoms with Crippen molar-refractivity contribution in [3.63, 3.8) is 0 Å². The van der Waals surface area contributed by atoms with Crippen molar-refractivity contribution in [3.8, 4) is 11.3 Å². The van der Waals surface area contributed by atoms with E-state index >= 15 is 0 Å². The quantitative estimate of drug-likeness (QED) is 0.253. The maximum atomic E-state index is 13.7. The zero-order valence-electron chi connectivity index (χ0n) is 28.0. The van der Waals surface area contributed by atoms with Gasteiger partial charge in [0.05, 0.1) is 31.6 Å². The largest absolute Gasteiger partial charge is 0.481 e. The van der Waals surface area contributed by atoms with Crippen LogP contribution in [0, 0.1) is 0 Å². The van der Waals surface area contributed by atoms with Gasteiger partial charge in [0.1, 0.15) is 11.9 Å². The molecule has 262 valence electrons. The first-order chi connectivity index (χ1) is 23.3. The maximum Gasteiger partial charge on any atom is 0.409 e. The molecule has 1 aromatic heterocycles. The third-order valence-corrected chi connectivity index (χ3v) is 8.47. The van der Waals surface area contributed by atoms with Crippen molar-refractivity contribution in [1.29, 1.82) is 0 Å². The normalized spacial score (nSPS) is 16.0. The predicted octanol–water partition coefficient (Wildman–Crippen LogP) is 3.21. The number of benzene rings is 1. The Kier molecular flexibility index (Phi) is 14.4. The molecule has 14 heteroatoms. The second-order valence-corrected chi connectivity index (χ2v) is 11.9. The summed E-state index contributed by atoms with van der Waals surface area (Å²) >= 11 is 0. The number of aliphatic carboxylic acids is 1. The van der Waals surface area contributed by atoms with E-state index in [4.69, 9.17) is 14.2 Å². The van der Waals surface area contributed by atoms with Crippen LogP contribution >= 0.6 is 0 Å². The number of piperazine rings is 1. The fourth-order valence-electron chi connectivity index (χ4n) is 5.69. The number of carboxylic acids is 1. The summed E-state index contributed by atoms with van der Waals surface area (Å²) in [6, 6.07) is 10.2. The minimum Gasteiger partial charge on any atom is -0.481 e. The van der Waals surface area contributed by atoms with Crippen molar-refractivity contribution < 1.29 is 38.5 Å². The average Bonchev–Trinajstić information content (AvgIpc) is 3.12. The molecule has 2 aromatic rings. The van der Waals surface area contributed by atoms with Crippen LogP contribution < -0.4 is 10.2 Å². The van der Waals surface area contributed by atoms with Crippen LogP contribution in [0.5, 0.6) is 0 Å². The molecule has 3 amide bonds. The highest BCUT2D eigenvalue weighted by atomic mass is 16.6. The molecule has 2 N–H and O–H groups in total. The van der Waals surface area contributed by atoms with Crippen LogP contribution in [-0.2, 0) is 23.8 Å². The highest BCUT2D eigenvalue weighted by Gasteiger charge is 2.32. The number of hydrogen-bond acceptors (Lipinski definition) is 10. The number of carboxylic acid groups (broad SMARTS) is 1. The summed E-state index contributed by atoms with van der Waals surface area (Å²) in [5.74, 6) is -1.72. The molecule has 0 bridgehead atoms. The number of rotatable bonds is 16. The van der Waals surface area contributed by atoms with Gasteiger partial charge in [-0.25, -0.2) is 14.8 Å². The molecule has 2 aliphatic rings. The van der Waals surface area contributed by atoms with Crippen molar-refractivity contribution in [3.05, 3.63) is 42.2 Å². The van der Waals surface area contributed by atoms with E-state index in [1.54, 1.807) is 16.9 Å². The maximum absolute atomic E-state index is 13.7. The molecule has 2 saturated heterocycles. The summed E-state index contributed by atoms with van der Waals surface area (Å²) in [6.07, 6.45) is 3.63. The monoisotopic (exact) mass is 668 g/mol. The number of hydrogen-bond donors (Lipinski definition) is 2. The van der Waals surface area contributed by atoms with E-state index in [1.807, 2.05) is 36.4 Å². The van der Waals surface area contributed by atoms with Gasteiger partial charge in [-0.05, 0) is 25.7 Å². The van der Waals surface area contributed by atoms with Gasteiger partial charge in [0, 0.05) is 64.4 Å². The third kappa shape index (κ3) is 10.9. The molecule has 3 heterocycles. The van der Waals surface area contributed by atoms with Gasteiger partial charge in [0.25, 0.3) is 5.91 Å². The van der Waals surface area contributed by atoms with Crippen LogP contribution in [0.25, 0.3) is 11.3 Å². The van der Waals surface area contributed by atoms with E-state index in [0.717, 1.165) is 37.7 Å². The van der Waals surface area contributed by atoms with Crippen LogP contribution in [0.15, 0.2) is 36.4 Å². The summed E-state index contributed by atoms with van der Waals surface area (Å²) < 4.78 is 16.3. The Morgan fingerprint density at radius 1 is 0.938 bits per heavy atom. The number of nitrogens with one attached hydrogen (secondary N) is 1. The molecule has 14 nitrogen and oxygen atoms in total. The number of amides is 3. The predicted molar refractivity (Wildman–Crippen MR) is 178 cm³/mol. The van der Waals surface area contributed by atoms with Crippen molar-refractivity contribution in [2.24, 2.45) is 0 Å². The number of nitrogens with zero attached hydrogens (tertiary/aromatic N) is 5. The summed E-state index contributed by atoms with van der Waals surface area (Å²) in [5.41, 5.74) is 1.35. The molecular weight excluding hydrogens is 620 g/mol. The number of unbranched alkanes of at least 4 members (excludes halogenated alkanes) is 2. The SMILES string of the molecule is CCCCCOC(=O)N1CCN(C(=O)[C@H](CCC(=O)O)NC(=O)c2nc(-c3ccccc3)cc(N3CCC(OCCOC)CC3)n2)CC1. The molecule has 0 saturated carbocycles. The van der Waals surface area contributed by atoms with Crippen molar-refractivity contribution in [1.82, 2.24) is 25.1 Å². The van der Waals surface area contributed by atoms with Gasteiger partial charge in [-0.3, -0.25) is 14.4 Å². The Labute approximate surface area is 281 Å². The van der Waals surface area contributed by atoms with E-state index in [0.29, 0.717) is 44.4 Å². The fraction of sp³-hybridized carbons (Fsp3) is 0.588. The second-order valence-electron chi connectivity index (χ2n) is 11.9. The molecule has 2 aliphatic heterocycles. The molecule has 0 aliphatic carbocycles. The van der Waals surface area contributed by atoms with Crippen molar-refractivity contribution in [2.45, 2.75) is 64.0 Å². The first kappa shape index (κ1) is 36.5. The number of methoxy groups -OCH3 is 1. The minimum absolute atomic E-state index is 0.105. The zero-order chi connectivity index (χ0) is 34.3. The van der Waals surface area contributed by atoms with Gasteiger partial charge in [0.15, 0.2) is 0 Å². The standard InChI is InChI=1S/C34H48N6O8/c1-3-4-8-21-48-34(45)40-19-17-39(18-20-40)33(44)27(11-12-30(41)42)36-32(43)31-35-28(25-9-6-5-7-10-25)24-29(37-31)38-15-13-26(14-16-38)47-23-22-46-2/h5-7,9-10,24,26-27H,3-4,8,11-23H2,1-2H3,(H,36,43)(H,41,42)/t27-/m0/s1. The van der Waals surface area contributed by atoms with Crippen LogP contribution in [0.2, 0.25) is 0 Å². The summed E-state index contributed by atoms with van der Waals surface area (Å²) in [4.78, 5) is 65.6. The molecule has 0 spiro atoms. The molecule has 2 fully saturated rings. The van der Waals surface area contributed by atoms with Gasteiger partial charge in [-0.15, -0.1) is 0 Å². The Bertz CT molecular complexity index is 1350. The topological polar surface area (TPSA) is 164 Å². The number of carbonyl (C=O) groups is 4. The van der Waals surface area contributed by atoms with Crippen LogP contribution in [0.1, 0.15) is 62.5 Å². The Morgan fingerprint density at radius 2 is 1.65 bits per heavy atom. The second kappa shape index (κ2) is 18.9. The molecule has 4 rings (SSSR count). The Hall–Kier alpha value is -4.30. The first-order valence-electron chi connectivity index (χ1n) is 16.8. The Morgan fingerprint density at radius 3 is 2.31 bits per heavy atom. The highest BCUT2D eigenvalue weighted by molar-refractivity contribution is 5.95. The smallest absolute Gasteiger partial charge is 0.409 e. The molecule has 1 aromatic carbocycles. The molecule has 0 radical (unpaired) electrons. The van der Waals surface area contributed by atoms with E-state index in [-0.39, 0.29) is 50.9 Å². The lowest BCUT2D eigenvalue weighted by Gasteiger charge is -2.36. The van der Waals surface area contributed by atoms with Gasteiger partial charge in [-0.2, -0.15) is 0 Å². The lowest BCUT2D eigenvalue weighted by Crippen LogP contribution is -2.56. The van der Waals surface area contributed by atoms with Crippen molar-refractivity contribution >= 4 is 29.7 Å². The number of carbonyl (C=O) groups excluding carboxylic acids is 3. The minimum atomic E-state index is -1.12. The number of ether oxygens (including phenoxy) is 3. The van der Waals surface area contributed by atoms with Crippen LogP contribution in [0.3, 0.4) is 0 Å². The van der Waals surface area contributed by atoms with E-state index in [2.05, 4.69) is 27.1 Å². The van der Waals surface area contributed by atoms with E-state index in [9.17, 15) is 24.3 Å². The van der Waals surface area contributed by atoms with Gasteiger partial charge in [-0.1, -0.05) is 50.1 Å². The molecule has 1 atom stereocenters. The summed E-state index contributed by atoms with van der Waals surface area (Å²) in [6.45, 7) is 5.84. The number of aromatic nitrogens is 2. The lowest BCUT2D eigenvalue weighted by molar-refractivity contribution is -0.138. The molecular formula is C34H48N6O8. The van der Waals surface area contributed by atoms with E-state index < -0.39 is 29.9 Å². The summed E-state index contributed by atoms with van der Waals surface area (Å²) in [5, 5.41) is 12.1. The third-order valence-electron chi connectivity index (χ3n) is 8.47. The Balaban J connectivity index is 1.46. The summed E-state index contributed by atoms with van der Waals surface area (Å²) in [7, 11) is 1.64. The van der Waals surface area contributed by atoms with Crippen LogP contribution in [-0.4, -0.2) is 127 Å². The first-order valence-corrected chi connectivity index (χ1v) is 16.8. The molecule has 0 unspecified atom stereocenters. The van der Waals surface area contributed by atoms with E-state index in [1.165, 1.54) is 0 Å². The average molecular weight is 669 g/mol. The zero-order valence-corrected chi connectivity index (χ0v) is 28.0. The highest BCUT2D eigenvalue weighted by Crippen LogP contribution is 2.25. The van der Waals surface area contributed by atoms with Crippen molar-refractivity contribution in [2.75, 3.05) is 71.1 Å². The number of piperidine rings is 1. The molecule has 48 heavy (non-hydrogen) atoms. The lowest BCUT2D eigenvalue weighted by atomic mass is 10.1. The van der Waals surface area contributed by atoms with Gasteiger partial charge >= 0.3 is 12.1 Å². The van der Waals surface area contributed by atoms with Gasteiger partial charge < -0.3 is 39.3 Å². The van der Waals surface area contributed by atoms with Crippen LogP contribution in [0.4, 0.5) is 10.6 Å². The van der Waals surface area contributed by atoms with Gasteiger partial charge in [0.2, 0.25) is 11.7 Å². The number of anilines is 1.